The van der Waals surface area contributed by atoms with Gasteiger partial charge in [0.15, 0.2) is 0 Å². The third-order valence-corrected chi connectivity index (χ3v) is 3.85. The second-order valence-electron chi connectivity index (χ2n) is 5.04. The van der Waals surface area contributed by atoms with Crippen molar-refractivity contribution in [3.8, 4) is 0 Å². The predicted octanol–water partition coefficient (Wildman–Crippen LogP) is 1.34. The molecule has 0 spiro atoms. The van der Waals surface area contributed by atoms with E-state index in [0.29, 0.717) is 42.8 Å². The topological polar surface area (TPSA) is 95.7 Å². The van der Waals surface area contributed by atoms with Crippen LogP contribution in [0.4, 0.5) is 4.79 Å². The molecule has 0 unspecified atom stereocenters. The van der Waals surface area contributed by atoms with E-state index in [0.717, 1.165) is 18.4 Å². The van der Waals surface area contributed by atoms with Crippen LogP contribution in [0.25, 0.3) is 0 Å². The number of fused-ring (bicyclic) bond motifs is 3. The summed E-state index contributed by atoms with van der Waals surface area (Å²) in [5.74, 6) is -0.244. The summed E-state index contributed by atoms with van der Waals surface area (Å²) < 4.78 is 1.66. The van der Waals surface area contributed by atoms with Crippen molar-refractivity contribution in [2.24, 2.45) is 0 Å². The highest BCUT2D eigenvalue weighted by molar-refractivity contribution is 6.08. The number of carboxylic acid groups (broad SMARTS) is 1. The van der Waals surface area contributed by atoms with Gasteiger partial charge >= 0.3 is 6.09 Å². The SMILES string of the molecule is O=C1C(=CO)CCCn2nc3c(c21)CN(C(=O)O)CC3. The highest BCUT2D eigenvalue weighted by Crippen LogP contribution is 2.28. The molecule has 7 nitrogen and oxygen atoms in total. The number of aliphatic hydroxyl groups is 1. The van der Waals surface area contributed by atoms with Gasteiger partial charge in [0.05, 0.1) is 18.5 Å². The minimum Gasteiger partial charge on any atom is -0.515 e. The number of aryl methyl sites for hydroxylation is 1. The Morgan fingerprint density at radius 2 is 2.10 bits per heavy atom. The second-order valence-corrected chi connectivity index (χ2v) is 5.04. The van der Waals surface area contributed by atoms with E-state index in [1.165, 1.54) is 4.90 Å². The molecule has 0 fully saturated rings. The van der Waals surface area contributed by atoms with Gasteiger partial charge in [-0.15, -0.1) is 0 Å². The van der Waals surface area contributed by atoms with Crippen molar-refractivity contribution in [2.45, 2.75) is 32.4 Å². The largest absolute Gasteiger partial charge is 0.515 e. The fraction of sp³-hybridized carbons (Fsp3) is 0.462. The maximum Gasteiger partial charge on any atom is 0.407 e. The predicted molar refractivity (Wildman–Crippen MR) is 68.6 cm³/mol. The molecule has 0 aliphatic carbocycles. The van der Waals surface area contributed by atoms with Crippen LogP contribution in [0.3, 0.4) is 0 Å². The lowest BCUT2D eigenvalue weighted by molar-refractivity contribution is 0.101. The van der Waals surface area contributed by atoms with E-state index in [4.69, 9.17) is 5.11 Å². The first-order valence-electron chi connectivity index (χ1n) is 6.56. The highest BCUT2D eigenvalue weighted by Gasteiger charge is 2.32. The summed E-state index contributed by atoms with van der Waals surface area (Å²) in [4.78, 5) is 24.8. The third-order valence-electron chi connectivity index (χ3n) is 3.85. The van der Waals surface area contributed by atoms with Crippen molar-refractivity contribution in [2.75, 3.05) is 6.54 Å². The summed E-state index contributed by atoms with van der Waals surface area (Å²) >= 11 is 0. The van der Waals surface area contributed by atoms with Gasteiger partial charge < -0.3 is 15.1 Å². The van der Waals surface area contributed by atoms with E-state index in [1.54, 1.807) is 4.68 Å². The molecule has 2 N–H and O–H groups in total. The van der Waals surface area contributed by atoms with E-state index < -0.39 is 6.09 Å². The Hall–Kier alpha value is -2.31. The zero-order valence-corrected chi connectivity index (χ0v) is 10.9. The van der Waals surface area contributed by atoms with Crippen LogP contribution in [0.5, 0.6) is 0 Å². The van der Waals surface area contributed by atoms with Crippen LogP contribution >= 0.6 is 0 Å². The monoisotopic (exact) mass is 277 g/mol. The zero-order valence-electron chi connectivity index (χ0n) is 10.9. The molecule has 7 heteroatoms. The van der Waals surface area contributed by atoms with Crippen molar-refractivity contribution in [3.63, 3.8) is 0 Å². The summed E-state index contributed by atoms with van der Waals surface area (Å²) in [5, 5.41) is 22.7. The minimum atomic E-state index is -0.991. The number of allylic oxidation sites excluding steroid dienone is 1. The molecule has 106 valence electrons. The average molecular weight is 277 g/mol. The first-order chi connectivity index (χ1) is 9.61. The van der Waals surface area contributed by atoms with E-state index in [2.05, 4.69) is 5.10 Å². The molecular weight excluding hydrogens is 262 g/mol. The highest BCUT2D eigenvalue weighted by atomic mass is 16.4. The van der Waals surface area contributed by atoms with Crippen molar-refractivity contribution in [1.82, 2.24) is 14.7 Å². The van der Waals surface area contributed by atoms with Gasteiger partial charge in [0.25, 0.3) is 0 Å². The summed E-state index contributed by atoms with van der Waals surface area (Å²) in [6.07, 6.45) is 1.63. The first-order valence-corrected chi connectivity index (χ1v) is 6.56. The Bertz CT molecular complexity index is 617. The van der Waals surface area contributed by atoms with Crippen LogP contribution in [0.15, 0.2) is 11.8 Å². The third kappa shape index (κ3) is 1.86. The molecule has 20 heavy (non-hydrogen) atoms. The van der Waals surface area contributed by atoms with Crippen LogP contribution in [-0.2, 0) is 19.5 Å². The Morgan fingerprint density at radius 3 is 2.80 bits per heavy atom. The van der Waals surface area contributed by atoms with Gasteiger partial charge in [-0.05, 0) is 12.8 Å². The van der Waals surface area contributed by atoms with Crippen molar-refractivity contribution < 1.29 is 19.8 Å². The lowest BCUT2D eigenvalue weighted by Gasteiger charge is -2.23. The number of amides is 1. The fourth-order valence-electron chi connectivity index (χ4n) is 2.81. The van der Waals surface area contributed by atoms with Crippen LogP contribution < -0.4 is 0 Å². The lowest BCUT2D eigenvalue weighted by atomic mass is 9.99. The molecule has 0 aromatic carbocycles. The smallest absolute Gasteiger partial charge is 0.407 e. The average Bonchev–Trinajstić information content (AvgIpc) is 2.72. The summed E-state index contributed by atoms with van der Waals surface area (Å²) in [6.45, 7) is 1.19. The Labute approximate surface area is 115 Å². The Morgan fingerprint density at radius 1 is 1.30 bits per heavy atom. The molecule has 0 radical (unpaired) electrons. The zero-order chi connectivity index (χ0) is 14.3. The molecule has 0 saturated carbocycles. The lowest BCUT2D eigenvalue weighted by Crippen LogP contribution is -2.35. The van der Waals surface area contributed by atoms with Crippen LogP contribution in [0, 0.1) is 0 Å². The molecular formula is C13H15N3O4. The summed E-state index contributed by atoms with van der Waals surface area (Å²) in [7, 11) is 0. The molecule has 1 amide bonds. The second kappa shape index (κ2) is 4.66. The normalized spacial score (nSPS) is 20.5. The van der Waals surface area contributed by atoms with Crippen LogP contribution in [0.2, 0.25) is 0 Å². The van der Waals surface area contributed by atoms with Gasteiger partial charge in [-0.2, -0.15) is 5.10 Å². The molecule has 2 aliphatic heterocycles. The van der Waals surface area contributed by atoms with Crippen LogP contribution in [0.1, 0.15) is 34.6 Å². The molecule has 0 bridgehead atoms. The number of aromatic nitrogens is 2. The summed E-state index contributed by atoms with van der Waals surface area (Å²) in [5.41, 5.74) is 2.28. The van der Waals surface area contributed by atoms with Gasteiger partial charge in [0.2, 0.25) is 5.78 Å². The van der Waals surface area contributed by atoms with Gasteiger partial charge in [-0.3, -0.25) is 9.48 Å². The number of aliphatic hydroxyl groups excluding tert-OH is 1. The number of ketones is 1. The molecule has 1 aromatic rings. The number of hydrogen-bond donors (Lipinski definition) is 2. The number of nitrogens with zero attached hydrogens (tertiary/aromatic N) is 3. The van der Waals surface area contributed by atoms with Gasteiger partial charge in [-0.1, -0.05) is 0 Å². The standard InChI is InChI=1S/C13H15N3O4/c17-7-8-2-1-4-16-11(12(8)18)9-6-15(13(19)20)5-3-10(9)14-16/h7,17H,1-6H2,(H,19,20). The quantitative estimate of drug-likeness (QED) is 0.551. The molecule has 0 saturated heterocycles. The molecule has 3 heterocycles. The van der Waals surface area contributed by atoms with E-state index in [9.17, 15) is 14.7 Å². The van der Waals surface area contributed by atoms with E-state index in [-0.39, 0.29) is 12.3 Å². The molecule has 2 aliphatic rings. The number of rotatable bonds is 0. The van der Waals surface area contributed by atoms with Crippen molar-refractivity contribution in [1.29, 1.82) is 0 Å². The van der Waals surface area contributed by atoms with Gasteiger partial charge in [-0.25, -0.2) is 4.79 Å². The summed E-state index contributed by atoms with van der Waals surface area (Å²) in [6, 6.07) is 0. The number of Topliss-reactive ketones (excluding diaryl/α,β-unsaturated/α-hetero) is 1. The maximum atomic E-state index is 12.4. The maximum absolute atomic E-state index is 12.4. The van der Waals surface area contributed by atoms with Crippen molar-refractivity contribution >= 4 is 11.9 Å². The number of carbonyl (C=O) groups is 2. The minimum absolute atomic E-state index is 0.185. The Balaban J connectivity index is 2.07. The van der Waals surface area contributed by atoms with Crippen molar-refractivity contribution in [3.05, 3.63) is 28.8 Å². The van der Waals surface area contributed by atoms with E-state index >= 15 is 0 Å². The van der Waals surface area contributed by atoms with Gasteiger partial charge in [0.1, 0.15) is 5.69 Å². The number of hydrogen-bond acceptors (Lipinski definition) is 4. The molecule has 3 rings (SSSR count). The van der Waals surface area contributed by atoms with E-state index in [1.807, 2.05) is 0 Å². The molecule has 1 aromatic heterocycles. The fourth-order valence-corrected chi connectivity index (χ4v) is 2.81. The van der Waals surface area contributed by atoms with Crippen LogP contribution in [-0.4, -0.2) is 43.3 Å². The first kappa shape index (κ1) is 12.7. The molecule has 0 atom stereocenters. The Kier molecular flexibility index (Phi) is 2.96. The van der Waals surface area contributed by atoms with Gasteiger partial charge in [0, 0.05) is 30.6 Å². The number of carbonyl (C=O) groups excluding carboxylic acids is 1.